The minimum atomic E-state index is -0.247. The molecule has 2 amide bonds. The SMILES string of the molecule is CC1CC(C(=O)N2Cc3ncnn3CC(C(=O)N3CCN(C)CC3)C2)C1. The van der Waals surface area contributed by atoms with E-state index >= 15 is 0 Å². The maximum Gasteiger partial charge on any atom is 0.229 e. The van der Waals surface area contributed by atoms with Gasteiger partial charge in [0.25, 0.3) is 0 Å². The number of aromatic nitrogens is 3. The molecule has 8 nitrogen and oxygen atoms in total. The lowest BCUT2D eigenvalue weighted by Crippen LogP contribution is -2.51. The highest BCUT2D eigenvalue weighted by Crippen LogP contribution is 2.35. The van der Waals surface area contributed by atoms with E-state index in [0.29, 0.717) is 25.6 Å². The number of carbonyl (C=O) groups is 2. The van der Waals surface area contributed by atoms with Gasteiger partial charge in [-0.1, -0.05) is 6.92 Å². The molecule has 0 bridgehead atoms. The van der Waals surface area contributed by atoms with Crippen molar-refractivity contribution < 1.29 is 9.59 Å². The van der Waals surface area contributed by atoms with E-state index in [-0.39, 0.29) is 23.7 Å². The van der Waals surface area contributed by atoms with Crippen molar-refractivity contribution in [2.24, 2.45) is 17.8 Å². The van der Waals surface area contributed by atoms with Gasteiger partial charge < -0.3 is 14.7 Å². The third-order valence-corrected chi connectivity index (χ3v) is 6.06. The minimum absolute atomic E-state index is 0.110. The number of fused-ring (bicyclic) bond motifs is 1. The van der Waals surface area contributed by atoms with Crippen molar-refractivity contribution in [3.8, 4) is 0 Å². The molecule has 2 fully saturated rings. The maximum atomic E-state index is 13.1. The predicted molar refractivity (Wildman–Crippen MR) is 94.9 cm³/mol. The number of hydrogen-bond donors (Lipinski definition) is 0. The summed E-state index contributed by atoms with van der Waals surface area (Å²) >= 11 is 0. The highest BCUT2D eigenvalue weighted by atomic mass is 16.2. The van der Waals surface area contributed by atoms with Crippen LogP contribution < -0.4 is 0 Å². The topological polar surface area (TPSA) is 74.6 Å². The first-order valence-electron chi connectivity index (χ1n) is 9.64. The van der Waals surface area contributed by atoms with Gasteiger partial charge in [-0.25, -0.2) is 9.67 Å². The normalized spacial score (nSPS) is 29.7. The lowest BCUT2D eigenvalue weighted by atomic mass is 9.75. The van der Waals surface area contributed by atoms with E-state index in [9.17, 15) is 9.59 Å². The number of hydrogen-bond acceptors (Lipinski definition) is 5. The molecule has 1 aromatic heterocycles. The van der Waals surface area contributed by atoms with Crippen LogP contribution in [0.2, 0.25) is 0 Å². The molecule has 2 aliphatic heterocycles. The standard InChI is InChI=1S/C18H28N6O2/c1-13-7-14(8-13)17(25)23-9-15(10-24-16(11-23)19-12-20-24)18(26)22-5-3-21(2)4-6-22/h12-15H,3-11H2,1-2H3. The maximum absolute atomic E-state index is 13.1. The summed E-state index contributed by atoms with van der Waals surface area (Å²) in [4.78, 5) is 36.4. The van der Waals surface area contributed by atoms with Gasteiger partial charge in [-0.15, -0.1) is 0 Å². The average Bonchev–Trinajstić information content (AvgIpc) is 2.96. The van der Waals surface area contributed by atoms with Gasteiger partial charge in [0.15, 0.2) is 0 Å². The molecule has 8 heteroatoms. The van der Waals surface area contributed by atoms with Crippen LogP contribution in [0, 0.1) is 17.8 Å². The number of likely N-dealkylation sites (N-methyl/N-ethyl adjacent to an activating group) is 1. The third kappa shape index (κ3) is 3.34. The van der Waals surface area contributed by atoms with E-state index in [0.717, 1.165) is 44.8 Å². The first kappa shape index (κ1) is 17.5. The summed E-state index contributed by atoms with van der Waals surface area (Å²) in [6.45, 7) is 6.92. The molecule has 1 aromatic rings. The molecule has 0 radical (unpaired) electrons. The van der Waals surface area contributed by atoms with Crippen LogP contribution in [0.25, 0.3) is 0 Å². The third-order valence-electron chi connectivity index (χ3n) is 6.06. The van der Waals surface area contributed by atoms with Crippen molar-refractivity contribution >= 4 is 11.8 Å². The molecule has 3 heterocycles. The molecule has 0 aromatic carbocycles. The van der Waals surface area contributed by atoms with Gasteiger partial charge in [-0.05, 0) is 25.8 Å². The van der Waals surface area contributed by atoms with Gasteiger partial charge in [0, 0.05) is 38.6 Å². The van der Waals surface area contributed by atoms with Crippen LogP contribution in [0.15, 0.2) is 6.33 Å². The number of amides is 2. The summed E-state index contributed by atoms with van der Waals surface area (Å²) in [7, 11) is 2.08. The molecule has 26 heavy (non-hydrogen) atoms. The molecule has 0 N–H and O–H groups in total. The molecule has 0 spiro atoms. The highest BCUT2D eigenvalue weighted by molar-refractivity contribution is 5.82. The Hall–Kier alpha value is -1.96. The first-order valence-corrected chi connectivity index (χ1v) is 9.64. The van der Waals surface area contributed by atoms with Gasteiger partial charge >= 0.3 is 0 Å². The van der Waals surface area contributed by atoms with E-state index in [2.05, 4.69) is 29.0 Å². The van der Waals surface area contributed by atoms with E-state index in [1.54, 1.807) is 4.68 Å². The van der Waals surface area contributed by atoms with Crippen LogP contribution in [-0.4, -0.2) is 81.1 Å². The Balaban J connectivity index is 1.50. The van der Waals surface area contributed by atoms with E-state index in [1.807, 2.05) is 9.80 Å². The summed E-state index contributed by atoms with van der Waals surface area (Å²) in [5.74, 6) is 1.58. The molecule has 1 saturated carbocycles. The second-order valence-corrected chi connectivity index (χ2v) is 8.18. The van der Waals surface area contributed by atoms with Gasteiger partial charge in [0.05, 0.1) is 19.0 Å². The van der Waals surface area contributed by atoms with Crippen LogP contribution in [0.5, 0.6) is 0 Å². The summed E-state index contributed by atoms with van der Waals surface area (Å²) in [6, 6.07) is 0. The zero-order valence-corrected chi connectivity index (χ0v) is 15.7. The van der Waals surface area contributed by atoms with Gasteiger partial charge in [-0.2, -0.15) is 5.10 Å². The fourth-order valence-corrected chi connectivity index (χ4v) is 4.30. The Kier molecular flexibility index (Phi) is 4.69. The summed E-state index contributed by atoms with van der Waals surface area (Å²) < 4.78 is 1.80. The molecule has 1 aliphatic carbocycles. The highest BCUT2D eigenvalue weighted by Gasteiger charge is 2.38. The minimum Gasteiger partial charge on any atom is -0.340 e. The first-order chi connectivity index (χ1) is 12.5. The Labute approximate surface area is 154 Å². The smallest absolute Gasteiger partial charge is 0.229 e. The van der Waals surface area contributed by atoms with Gasteiger partial charge in [0.1, 0.15) is 12.2 Å². The van der Waals surface area contributed by atoms with Crippen molar-refractivity contribution in [3.05, 3.63) is 12.2 Å². The summed E-state index contributed by atoms with van der Waals surface area (Å²) in [6.07, 6.45) is 3.43. The lowest BCUT2D eigenvalue weighted by molar-refractivity contribution is -0.144. The van der Waals surface area contributed by atoms with Gasteiger partial charge in [-0.3, -0.25) is 9.59 Å². The van der Waals surface area contributed by atoms with Crippen molar-refractivity contribution in [1.82, 2.24) is 29.5 Å². The van der Waals surface area contributed by atoms with E-state index in [4.69, 9.17) is 0 Å². The zero-order valence-electron chi connectivity index (χ0n) is 15.7. The van der Waals surface area contributed by atoms with Crippen molar-refractivity contribution in [2.45, 2.75) is 32.9 Å². The van der Waals surface area contributed by atoms with Crippen LogP contribution in [-0.2, 0) is 22.7 Å². The largest absolute Gasteiger partial charge is 0.340 e. The average molecular weight is 360 g/mol. The summed E-state index contributed by atoms with van der Waals surface area (Å²) in [5.41, 5.74) is 0. The molecule has 1 saturated heterocycles. The van der Waals surface area contributed by atoms with E-state index < -0.39 is 0 Å². The van der Waals surface area contributed by atoms with Crippen molar-refractivity contribution in [3.63, 3.8) is 0 Å². The number of nitrogens with zero attached hydrogens (tertiary/aromatic N) is 6. The molecule has 1 atom stereocenters. The molecule has 3 aliphatic rings. The second-order valence-electron chi connectivity index (χ2n) is 8.18. The molecule has 142 valence electrons. The van der Waals surface area contributed by atoms with Crippen molar-refractivity contribution in [1.29, 1.82) is 0 Å². The Morgan fingerprint density at radius 1 is 1.00 bits per heavy atom. The number of piperazine rings is 1. The molecule has 1 unspecified atom stereocenters. The zero-order chi connectivity index (χ0) is 18.3. The van der Waals surface area contributed by atoms with Crippen LogP contribution in [0.1, 0.15) is 25.6 Å². The van der Waals surface area contributed by atoms with Crippen molar-refractivity contribution in [2.75, 3.05) is 39.8 Å². The second kappa shape index (κ2) is 6.98. The molecular weight excluding hydrogens is 332 g/mol. The molecule has 4 rings (SSSR count). The fraction of sp³-hybridized carbons (Fsp3) is 0.778. The van der Waals surface area contributed by atoms with Crippen LogP contribution in [0.3, 0.4) is 0 Å². The van der Waals surface area contributed by atoms with Crippen LogP contribution >= 0.6 is 0 Å². The summed E-state index contributed by atoms with van der Waals surface area (Å²) in [5, 5.41) is 4.28. The fourth-order valence-electron chi connectivity index (χ4n) is 4.30. The lowest BCUT2D eigenvalue weighted by Gasteiger charge is -2.37. The van der Waals surface area contributed by atoms with Gasteiger partial charge in [0.2, 0.25) is 11.8 Å². The monoisotopic (exact) mass is 360 g/mol. The Bertz CT molecular complexity index is 675. The number of carbonyl (C=O) groups excluding carboxylic acids is 2. The number of rotatable bonds is 2. The Morgan fingerprint density at radius 2 is 1.69 bits per heavy atom. The van der Waals surface area contributed by atoms with Crippen LogP contribution in [0.4, 0.5) is 0 Å². The molecular formula is C18H28N6O2. The predicted octanol–water partition coefficient (Wildman–Crippen LogP) is 0.0566. The Morgan fingerprint density at radius 3 is 2.38 bits per heavy atom. The quantitative estimate of drug-likeness (QED) is 0.745. The van der Waals surface area contributed by atoms with E-state index in [1.165, 1.54) is 6.33 Å².